The minimum absolute atomic E-state index is 0.0282. The Morgan fingerprint density at radius 1 is 1.29 bits per heavy atom. The van der Waals surface area contributed by atoms with Crippen molar-refractivity contribution in [3.63, 3.8) is 0 Å². The van der Waals surface area contributed by atoms with Gasteiger partial charge >= 0.3 is 0 Å². The lowest BCUT2D eigenvalue weighted by Crippen LogP contribution is -2.24. The number of nitrogens with zero attached hydrogens (tertiary/aromatic N) is 1. The number of halogens is 1. The van der Waals surface area contributed by atoms with Gasteiger partial charge in [0, 0.05) is 18.7 Å². The van der Waals surface area contributed by atoms with Crippen molar-refractivity contribution in [1.82, 2.24) is 5.32 Å². The molecule has 108 valence electrons. The molecule has 0 saturated carbocycles. The molecule has 2 aromatic carbocycles. The van der Waals surface area contributed by atoms with Crippen molar-refractivity contribution in [2.75, 3.05) is 5.73 Å². The van der Waals surface area contributed by atoms with Crippen molar-refractivity contribution in [2.24, 2.45) is 0 Å². The lowest BCUT2D eigenvalue weighted by Gasteiger charge is -2.08. The summed E-state index contributed by atoms with van der Waals surface area (Å²) >= 11 is 0. The maximum Gasteiger partial charge on any atom is 0.269 e. The van der Waals surface area contributed by atoms with Crippen LogP contribution < -0.4 is 11.1 Å². The fourth-order valence-electron chi connectivity index (χ4n) is 1.79. The lowest BCUT2D eigenvalue weighted by molar-refractivity contribution is -0.384. The molecule has 6 nitrogen and oxygen atoms in total. The van der Waals surface area contributed by atoms with Gasteiger partial charge < -0.3 is 11.1 Å². The van der Waals surface area contributed by atoms with Crippen LogP contribution in [0.15, 0.2) is 42.5 Å². The summed E-state index contributed by atoms with van der Waals surface area (Å²) in [5.74, 6) is -1.21. The predicted molar refractivity (Wildman–Crippen MR) is 75.1 cm³/mol. The first-order valence-electron chi connectivity index (χ1n) is 6.04. The molecule has 0 bridgehead atoms. The number of nitrogen functional groups attached to an aromatic ring is 1. The maximum atomic E-state index is 13.3. The van der Waals surface area contributed by atoms with Gasteiger partial charge in [-0.3, -0.25) is 14.9 Å². The zero-order valence-electron chi connectivity index (χ0n) is 10.9. The molecule has 0 unspecified atom stereocenters. The van der Waals surface area contributed by atoms with E-state index in [-0.39, 0.29) is 23.5 Å². The highest BCUT2D eigenvalue weighted by Gasteiger charge is 2.13. The molecule has 0 aliphatic rings. The van der Waals surface area contributed by atoms with E-state index in [1.54, 1.807) is 6.07 Å². The third-order valence-corrected chi connectivity index (χ3v) is 2.87. The fraction of sp³-hybridized carbons (Fsp3) is 0.0714. The van der Waals surface area contributed by atoms with E-state index in [1.807, 2.05) is 0 Å². The molecule has 0 aliphatic heterocycles. The number of carbonyl (C=O) groups is 1. The average molecular weight is 289 g/mol. The normalized spacial score (nSPS) is 10.1. The molecule has 0 spiro atoms. The van der Waals surface area contributed by atoms with Gasteiger partial charge in [0.05, 0.1) is 16.2 Å². The van der Waals surface area contributed by atoms with Crippen molar-refractivity contribution < 1.29 is 14.1 Å². The Morgan fingerprint density at radius 2 is 2.00 bits per heavy atom. The van der Waals surface area contributed by atoms with E-state index in [1.165, 1.54) is 30.3 Å². The third kappa shape index (κ3) is 3.33. The Hall–Kier alpha value is -2.96. The highest BCUT2D eigenvalue weighted by molar-refractivity contribution is 5.99. The molecule has 0 atom stereocenters. The Bertz CT molecular complexity index is 704. The molecule has 0 aromatic heterocycles. The second-order valence-corrected chi connectivity index (χ2v) is 4.31. The number of carbonyl (C=O) groups excluding carboxylic acids is 1. The average Bonchev–Trinajstić information content (AvgIpc) is 2.48. The fourth-order valence-corrected chi connectivity index (χ4v) is 1.79. The summed E-state index contributed by atoms with van der Waals surface area (Å²) in [7, 11) is 0. The van der Waals surface area contributed by atoms with Gasteiger partial charge in [0.15, 0.2) is 0 Å². The number of anilines is 1. The molecular weight excluding hydrogens is 277 g/mol. The number of nitrogens with two attached hydrogens (primary N) is 1. The van der Waals surface area contributed by atoms with E-state index >= 15 is 0 Å². The zero-order chi connectivity index (χ0) is 15.4. The van der Waals surface area contributed by atoms with Crippen LogP contribution in [-0.2, 0) is 6.54 Å². The molecule has 0 fully saturated rings. The van der Waals surface area contributed by atoms with Gasteiger partial charge in [-0.1, -0.05) is 18.2 Å². The number of rotatable bonds is 4. The summed E-state index contributed by atoms with van der Waals surface area (Å²) in [6.45, 7) is 0.0798. The largest absolute Gasteiger partial charge is 0.396 e. The van der Waals surface area contributed by atoms with Crippen LogP contribution in [-0.4, -0.2) is 10.8 Å². The smallest absolute Gasteiger partial charge is 0.269 e. The van der Waals surface area contributed by atoms with E-state index in [4.69, 9.17) is 5.73 Å². The van der Waals surface area contributed by atoms with Crippen LogP contribution in [0.3, 0.4) is 0 Å². The Morgan fingerprint density at radius 3 is 2.71 bits per heavy atom. The van der Waals surface area contributed by atoms with E-state index in [9.17, 15) is 19.3 Å². The number of benzene rings is 2. The molecule has 21 heavy (non-hydrogen) atoms. The highest BCUT2D eigenvalue weighted by atomic mass is 19.1. The van der Waals surface area contributed by atoms with Crippen molar-refractivity contribution in [1.29, 1.82) is 0 Å². The van der Waals surface area contributed by atoms with E-state index in [0.29, 0.717) is 5.56 Å². The summed E-state index contributed by atoms with van der Waals surface area (Å²) in [5, 5.41) is 13.2. The van der Waals surface area contributed by atoms with Crippen molar-refractivity contribution >= 4 is 17.3 Å². The van der Waals surface area contributed by atoms with Gasteiger partial charge in [0.2, 0.25) is 0 Å². The number of non-ortho nitro benzene ring substituents is 1. The van der Waals surface area contributed by atoms with Crippen LogP contribution in [0, 0.1) is 15.9 Å². The van der Waals surface area contributed by atoms with E-state index < -0.39 is 16.6 Å². The Kier molecular flexibility index (Phi) is 4.13. The SMILES string of the molecule is Nc1c(F)cccc1C(=O)NCc1cccc([N+](=O)[O-])c1. The molecule has 0 heterocycles. The quantitative estimate of drug-likeness (QED) is 0.512. The van der Waals surface area contributed by atoms with Crippen LogP contribution in [0.5, 0.6) is 0 Å². The molecular formula is C14H12FN3O3. The first-order valence-corrected chi connectivity index (χ1v) is 6.04. The van der Waals surface area contributed by atoms with Gasteiger partial charge in [-0.05, 0) is 17.7 Å². The first kappa shape index (κ1) is 14.4. The second kappa shape index (κ2) is 6.00. The first-order chi connectivity index (χ1) is 9.99. The number of nitrogens with one attached hydrogen (secondary N) is 1. The molecule has 3 N–H and O–H groups in total. The van der Waals surface area contributed by atoms with Crippen LogP contribution in [0.25, 0.3) is 0 Å². The number of nitro benzene ring substituents is 1. The van der Waals surface area contributed by atoms with Gasteiger partial charge in [-0.2, -0.15) is 0 Å². The van der Waals surface area contributed by atoms with Crippen molar-refractivity contribution in [2.45, 2.75) is 6.54 Å². The van der Waals surface area contributed by atoms with Crippen LogP contribution >= 0.6 is 0 Å². The maximum absolute atomic E-state index is 13.3. The topological polar surface area (TPSA) is 98.3 Å². The second-order valence-electron chi connectivity index (χ2n) is 4.31. The van der Waals surface area contributed by atoms with Crippen molar-refractivity contribution in [3.8, 4) is 0 Å². The molecule has 0 aliphatic carbocycles. The summed E-state index contributed by atoms with van der Waals surface area (Å²) in [5.41, 5.74) is 5.79. The van der Waals surface area contributed by atoms with Gasteiger partial charge in [-0.15, -0.1) is 0 Å². The number of hydrogen-bond acceptors (Lipinski definition) is 4. The lowest BCUT2D eigenvalue weighted by atomic mass is 10.1. The molecule has 0 radical (unpaired) electrons. The number of para-hydroxylation sites is 1. The standard InChI is InChI=1S/C14H12FN3O3/c15-12-6-2-5-11(13(12)16)14(19)17-8-9-3-1-4-10(7-9)18(20)21/h1-7H,8,16H2,(H,17,19). The Balaban J connectivity index is 2.09. The van der Waals surface area contributed by atoms with Gasteiger partial charge in [0.25, 0.3) is 11.6 Å². The number of hydrogen-bond donors (Lipinski definition) is 2. The zero-order valence-corrected chi connectivity index (χ0v) is 10.9. The summed E-state index contributed by atoms with van der Waals surface area (Å²) in [6, 6.07) is 9.82. The van der Waals surface area contributed by atoms with E-state index in [2.05, 4.69) is 5.32 Å². The van der Waals surface area contributed by atoms with E-state index in [0.717, 1.165) is 6.07 Å². The summed E-state index contributed by atoms with van der Waals surface area (Å²) in [4.78, 5) is 22.1. The molecule has 0 saturated heterocycles. The minimum Gasteiger partial charge on any atom is -0.396 e. The number of nitro groups is 1. The third-order valence-electron chi connectivity index (χ3n) is 2.87. The molecule has 2 aromatic rings. The van der Waals surface area contributed by atoms with Crippen LogP contribution in [0.2, 0.25) is 0 Å². The molecule has 7 heteroatoms. The number of amides is 1. The van der Waals surface area contributed by atoms with Gasteiger partial charge in [0.1, 0.15) is 5.82 Å². The van der Waals surface area contributed by atoms with Crippen LogP contribution in [0.1, 0.15) is 15.9 Å². The highest BCUT2D eigenvalue weighted by Crippen LogP contribution is 2.16. The minimum atomic E-state index is -0.669. The molecule has 1 amide bonds. The van der Waals surface area contributed by atoms with Gasteiger partial charge in [-0.25, -0.2) is 4.39 Å². The Labute approximate surface area is 119 Å². The summed E-state index contributed by atoms with van der Waals surface area (Å²) in [6.07, 6.45) is 0. The van der Waals surface area contributed by atoms with Crippen molar-refractivity contribution in [3.05, 3.63) is 69.5 Å². The molecule has 2 rings (SSSR count). The van der Waals surface area contributed by atoms with Crippen LogP contribution in [0.4, 0.5) is 15.8 Å². The summed E-state index contributed by atoms with van der Waals surface area (Å²) < 4.78 is 13.3. The monoisotopic (exact) mass is 289 g/mol. The predicted octanol–water partition coefficient (Wildman–Crippen LogP) is 2.25.